The molecular formula is C25H42O4. The first-order chi connectivity index (χ1) is 14.1. The van der Waals surface area contributed by atoms with Crippen molar-refractivity contribution in [2.24, 2.45) is 0 Å². The molecule has 0 saturated carbocycles. The summed E-state index contributed by atoms with van der Waals surface area (Å²) in [5, 5.41) is 0. The van der Waals surface area contributed by atoms with Crippen LogP contribution in [-0.2, 0) is 4.74 Å². The Bertz CT molecular complexity index is 554. The van der Waals surface area contributed by atoms with E-state index in [2.05, 4.69) is 6.92 Å². The molecular weight excluding hydrogens is 364 g/mol. The second-order valence-corrected chi connectivity index (χ2v) is 8.06. The Morgan fingerprint density at radius 3 is 1.90 bits per heavy atom. The van der Waals surface area contributed by atoms with Crippen molar-refractivity contribution in [2.75, 3.05) is 13.7 Å². The van der Waals surface area contributed by atoms with Crippen LogP contribution in [0.15, 0.2) is 18.2 Å². The molecule has 0 aromatic heterocycles. The van der Waals surface area contributed by atoms with Gasteiger partial charge in [-0.1, -0.05) is 77.6 Å². The molecule has 29 heavy (non-hydrogen) atoms. The van der Waals surface area contributed by atoms with Crippen molar-refractivity contribution in [3.63, 3.8) is 0 Å². The SMILES string of the molecule is CCCCCCCCCCCCCCOc1ccc(C(=O)OC(C)C)cc1OC. The summed E-state index contributed by atoms with van der Waals surface area (Å²) in [6.45, 7) is 6.61. The Kier molecular flexibility index (Phi) is 14.1. The monoisotopic (exact) mass is 406 g/mol. The van der Waals surface area contributed by atoms with Crippen molar-refractivity contribution < 1.29 is 19.0 Å². The third-order valence-electron chi connectivity index (χ3n) is 5.00. The largest absolute Gasteiger partial charge is 0.493 e. The summed E-state index contributed by atoms with van der Waals surface area (Å²) in [6.07, 6.45) is 15.8. The van der Waals surface area contributed by atoms with Crippen LogP contribution in [0.25, 0.3) is 0 Å². The van der Waals surface area contributed by atoms with E-state index < -0.39 is 0 Å². The highest BCUT2D eigenvalue weighted by Gasteiger charge is 2.13. The highest BCUT2D eigenvalue weighted by Crippen LogP contribution is 2.28. The molecule has 4 heteroatoms. The molecule has 0 saturated heterocycles. The van der Waals surface area contributed by atoms with Gasteiger partial charge in [0, 0.05) is 0 Å². The molecule has 0 N–H and O–H groups in total. The van der Waals surface area contributed by atoms with Gasteiger partial charge < -0.3 is 14.2 Å². The molecule has 0 bridgehead atoms. The number of ether oxygens (including phenoxy) is 3. The Labute approximate surface area is 178 Å². The van der Waals surface area contributed by atoms with Crippen LogP contribution in [0.5, 0.6) is 11.5 Å². The molecule has 0 amide bonds. The van der Waals surface area contributed by atoms with Gasteiger partial charge in [0.15, 0.2) is 11.5 Å². The van der Waals surface area contributed by atoms with Gasteiger partial charge in [0.05, 0.1) is 25.4 Å². The van der Waals surface area contributed by atoms with E-state index in [0.717, 1.165) is 6.42 Å². The maximum atomic E-state index is 12.0. The van der Waals surface area contributed by atoms with Crippen LogP contribution in [0.2, 0.25) is 0 Å². The number of benzene rings is 1. The number of hydrogen-bond donors (Lipinski definition) is 0. The molecule has 1 aromatic carbocycles. The molecule has 1 aromatic rings. The Morgan fingerprint density at radius 1 is 0.828 bits per heavy atom. The van der Waals surface area contributed by atoms with Crippen LogP contribution in [0.1, 0.15) is 108 Å². The van der Waals surface area contributed by atoms with E-state index in [-0.39, 0.29) is 12.1 Å². The number of unbranched alkanes of at least 4 members (excludes halogenated alkanes) is 11. The average molecular weight is 407 g/mol. The molecule has 0 heterocycles. The summed E-state index contributed by atoms with van der Waals surface area (Å²) in [7, 11) is 1.59. The molecule has 0 unspecified atom stereocenters. The topological polar surface area (TPSA) is 44.8 Å². The van der Waals surface area contributed by atoms with Gasteiger partial charge in [-0.3, -0.25) is 0 Å². The first-order valence-electron chi connectivity index (χ1n) is 11.6. The third kappa shape index (κ3) is 11.8. The first kappa shape index (κ1) is 25.3. The van der Waals surface area contributed by atoms with Crippen LogP contribution in [-0.4, -0.2) is 25.8 Å². The fraction of sp³-hybridized carbons (Fsp3) is 0.720. The van der Waals surface area contributed by atoms with Gasteiger partial charge in [-0.2, -0.15) is 0 Å². The maximum Gasteiger partial charge on any atom is 0.338 e. The molecule has 0 spiro atoms. The van der Waals surface area contributed by atoms with Gasteiger partial charge in [0.25, 0.3) is 0 Å². The second kappa shape index (κ2) is 16.1. The highest BCUT2D eigenvalue weighted by atomic mass is 16.5. The summed E-state index contributed by atoms with van der Waals surface area (Å²) < 4.78 is 16.5. The summed E-state index contributed by atoms with van der Waals surface area (Å²) in [6, 6.07) is 5.20. The zero-order chi connectivity index (χ0) is 21.3. The lowest BCUT2D eigenvalue weighted by Crippen LogP contribution is -2.11. The Balaban J connectivity index is 2.14. The summed E-state index contributed by atoms with van der Waals surface area (Å²) in [4.78, 5) is 12.0. The van der Waals surface area contributed by atoms with Gasteiger partial charge >= 0.3 is 5.97 Å². The van der Waals surface area contributed by atoms with E-state index in [1.54, 1.807) is 25.3 Å². The Morgan fingerprint density at radius 2 is 1.38 bits per heavy atom. The molecule has 1 rings (SSSR count). The normalized spacial score (nSPS) is 10.9. The maximum absolute atomic E-state index is 12.0. The minimum atomic E-state index is -0.342. The van der Waals surface area contributed by atoms with Crippen LogP contribution in [0, 0.1) is 0 Å². The first-order valence-corrected chi connectivity index (χ1v) is 11.6. The van der Waals surface area contributed by atoms with Crippen LogP contribution in [0.3, 0.4) is 0 Å². The number of esters is 1. The molecule has 0 radical (unpaired) electrons. The minimum absolute atomic E-state index is 0.143. The average Bonchev–Trinajstić information content (AvgIpc) is 2.71. The molecule has 0 fully saturated rings. The molecule has 0 atom stereocenters. The predicted octanol–water partition coefficient (Wildman–Crippen LogP) is 7.34. The zero-order valence-corrected chi connectivity index (χ0v) is 19.1. The Hall–Kier alpha value is -1.71. The molecule has 166 valence electrons. The van der Waals surface area contributed by atoms with Crippen molar-refractivity contribution >= 4 is 5.97 Å². The smallest absolute Gasteiger partial charge is 0.338 e. The second-order valence-electron chi connectivity index (χ2n) is 8.06. The number of carbonyl (C=O) groups excluding carboxylic acids is 1. The zero-order valence-electron chi connectivity index (χ0n) is 19.1. The van der Waals surface area contributed by atoms with Gasteiger partial charge in [0.2, 0.25) is 0 Å². The summed E-state index contributed by atoms with van der Waals surface area (Å²) in [5.41, 5.74) is 0.480. The van der Waals surface area contributed by atoms with E-state index >= 15 is 0 Å². The van der Waals surface area contributed by atoms with Crippen molar-refractivity contribution in [1.82, 2.24) is 0 Å². The van der Waals surface area contributed by atoms with Crippen molar-refractivity contribution in [3.8, 4) is 11.5 Å². The van der Waals surface area contributed by atoms with Crippen molar-refractivity contribution in [1.29, 1.82) is 0 Å². The van der Waals surface area contributed by atoms with Gasteiger partial charge in [0.1, 0.15) is 0 Å². The van der Waals surface area contributed by atoms with Gasteiger partial charge in [-0.25, -0.2) is 4.79 Å². The van der Waals surface area contributed by atoms with E-state index in [0.29, 0.717) is 23.7 Å². The number of methoxy groups -OCH3 is 1. The lowest BCUT2D eigenvalue weighted by Gasteiger charge is -2.13. The number of carbonyl (C=O) groups is 1. The predicted molar refractivity (Wildman–Crippen MR) is 120 cm³/mol. The van der Waals surface area contributed by atoms with E-state index in [9.17, 15) is 4.79 Å². The van der Waals surface area contributed by atoms with Crippen LogP contribution >= 0.6 is 0 Å². The third-order valence-corrected chi connectivity index (χ3v) is 5.00. The number of rotatable bonds is 17. The standard InChI is InChI=1S/C25H42O4/c1-5-6-7-8-9-10-11-12-13-14-15-16-19-28-23-18-17-22(20-24(23)27-4)25(26)29-21(2)3/h17-18,20-21H,5-16,19H2,1-4H3. The fourth-order valence-corrected chi connectivity index (χ4v) is 3.32. The lowest BCUT2D eigenvalue weighted by atomic mass is 10.1. The molecule has 0 aliphatic heterocycles. The molecule has 0 aliphatic rings. The van der Waals surface area contributed by atoms with Crippen molar-refractivity contribution in [2.45, 2.75) is 104 Å². The molecule has 0 aliphatic carbocycles. The van der Waals surface area contributed by atoms with Crippen molar-refractivity contribution in [3.05, 3.63) is 23.8 Å². The van der Waals surface area contributed by atoms with Crippen LogP contribution in [0.4, 0.5) is 0 Å². The summed E-state index contributed by atoms with van der Waals surface area (Å²) >= 11 is 0. The van der Waals surface area contributed by atoms with Crippen LogP contribution < -0.4 is 9.47 Å². The van der Waals surface area contributed by atoms with Gasteiger partial charge in [-0.15, -0.1) is 0 Å². The van der Waals surface area contributed by atoms with E-state index in [1.807, 2.05) is 13.8 Å². The highest BCUT2D eigenvalue weighted by molar-refractivity contribution is 5.90. The fourth-order valence-electron chi connectivity index (χ4n) is 3.32. The lowest BCUT2D eigenvalue weighted by molar-refractivity contribution is 0.0377. The summed E-state index contributed by atoms with van der Waals surface area (Å²) in [5.74, 6) is 0.907. The van der Waals surface area contributed by atoms with E-state index in [4.69, 9.17) is 14.2 Å². The number of hydrogen-bond acceptors (Lipinski definition) is 4. The van der Waals surface area contributed by atoms with E-state index in [1.165, 1.54) is 70.6 Å². The molecule has 4 nitrogen and oxygen atoms in total. The quantitative estimate of drug-likeness (QED) is 0.200. The minimum Gasteiger partial charge on any atom is -0.493 e. The van der Waals surface area contributed by atoms with Gasteiger partial charge in [-0.05, 0) is 38.5 Å².